The summed E-state index contributed by atoms with van der Waals surface area (Å²) in [5.41, 5.74) is 5.84. The SMILES string of the molecule is NC(=O)c1cc2c(cn1)OCC=N2. The second-order valence-corrected chi connectivity index (χ2v) is 2.52. The Kier molecular flexibility index (Phi) is 1.70. The average Bonchev–Trinajstić information content (AvgIpc) is 2.17. The molecule has 2 heterocycles. The van der Waals surface area contributed by atoms with E-state index < -0.39 is 5.91 Å². The van der Waals surface area contributed by atoms with Gasteiger partial charge in [0.1, 0.15) is 18.0 Å². The van der Waals surface area contributed by atoms with Crippen LogP contribution in [0.15, 0.2) is 17.3 Å². The molecule has 1 amide bonds. The summed E-state index contributed by atoms with van der Waals surface area (Å²) < 4.78 is 5.19. The summed E-state index contributed by atoms with van der Waals surface area (Å²) in [4.78, 5) is 18.6. The molecule has 0 aromatic carbocycles. The number of pyridine rings is 1. The van der Waals surface area contributed by atoms with Crippen LogP contribution in [0, 0.1) is 0 Å². The molecule has 0 unspecified atom stereocenters. The maximum Gasteiger partial charge on any atom is 0.267 e. The number of nitrogens with two attached hydrogens (primary N) is 1. The maximum atomic E-state index is 10.8. The second-order valence-electron chi connectivity index (χ2n) is 2.52. The minimum atomic E-state index is -0.566. The molecule has 5 heteroatoms. The third kappa shape index (κ3) is 1.35. The largest absolute Gasteiger partial charge is 0.484 e. The summed E-state index contributed by atoms with van der Waals surface area (Å²) in [6, 6.07) is 1.51. The summed E-state index contributed by atoms with van der Waals surface area (Å²) in [6.45, 7) is 0.435. The molecule has 0 fully saturated rings. The van der Waals surface area contributed by atoms with Crippen LogP contribution in [0.3, 0.4) is 0 Å². The van der Waals surface area contributed by atoms with E-state index in [1.807, 2.05) is 0 Å². The van der Waals surface area contributed by atoms with Crippen LogP contribution in [0.1, 0.15) is 10.5 Å². The zero-order chi connectivity index (χ0) is 9.26. The third-order valence-electron chi connectivity index (χ3n) is 1.64. The Morgan fingerprint density at radius 3 is 3.23 bits per heavy atom. The first-order valence-electron chi connectivity index (χ1n) is 3.72. The number of hydrogen-bond acceptors (Lipinski definition) is 4. The van der Waals surface area contributed by atoms with Crippen LogP contribution in [-0.2, 0) is 0 Å². The fraction of sp³-hybridized carbons (Fsp3) is 0.125. The smallest absolute Gasteiger partial charge is 0.267 e. The number of rotatable bonds is 1. The van der Waals surface area contributed by atoms with Crippen LogP contribution in [0.2, 0.25) is 0 Å². The van der Waals surface area contributed by atoms with Gasteiger partial charge >= 0.3 is 0 Å². The van der Waals surface area contributed by atoms with Crippen molar-refractivity contribution < 1.29 is 9.53 Å². The Labute approximate surface area is 74.3 Å². The molecule has 0 spiro atoms. The zero-order valence-electron chi connectivity index (χ0n) is 6.73. The molecule has 0 bridgehead atoms. The Balaban J connectivity index is 2.48. The van der Waals surface area contributed by atoms with Crippen LogP contribution in [-0.4, -0.2) is 23.7 Å². The molecule has 1 aliphatic rings. The number of primary amides is 1. The number of carbonyl (C=O) groups is 1. The Morgan fingerprint density at radius 2 is 2.46 bits per heavy atom. The lowest BCUT2D eigenvalue weighted by molar-refractivity contribution is 0.0995. The number of aliphatic imine (C=N–C) groups is 1. The molecule has 5 nitrogen and oxygen atoms in total. The maximum absolute atomic E-state index is 10.8. The fourth-order valence-corrected chi connectivity index (χ4v) is 1.04. The van der Waals surface area contributed by atoms with Gasteiger partial charge in [-0.25, -0.2) is 4.98 Å². The normalized spacial score (nSPS) is 13.2. The van der Waals surface area contributed by atoms with Gasteiger partial charge in [-0.2, -0.15) is 0 Å². The molecule has 0 aliphatic carbocycles. The van der Waals surface area contributed by atoms with E-state index in [4.69, 9.17) is 10.5 Å². The lowest BCUT2D eigenvalue weighted by Crippen LogP contribution is -2.13. The quantitative estimate of drug-likeness (QED) is 0.669. The van der Waals surface area contributed by atoms with Gasteiger partial charge in [0.2, 0.25) is 0 Å². The summed E-state index contributed by atoms with van der Waals surface area (Å²) in [7, 11) is 0. The van der Waals surface area contributed by atoms with E-state index in [1.54, 1.807) is 6.21 Å². The van der Waals surface area contributed by atoms with Crippen molar-refractivity contribution in [2.75, 3.05) is 6.61 Å². The van der Waals surface area contributed by atoms with Crippen LogP contribution in [0.25, 0.3) is 0 Å². The van der Waals surface area contributed by atoms with E-state index >= 15 is 0 Å². The summed E-state index contributed by atoms with van der Waals surface area (Å²) in [5, 5.41) is 0. The predicted molar refractivity (Wildman–Crippen MR) is 46.4 cm³/mol. The molecule has 1 aromatic rings. The second kappa shape index (κ2) is 2.85. The highest BCUT2D eigenvalue weighted by Crippen LogP contribution is 2.28. The van der Waals surface area contributed by atoms with Crippen molar-refractivity contribution in [3.05, 3.63) is 18.0 Å². The van der Waals surface area contributed by atoms with E-state index in [9.17, 15) is 4.79 Å². The summed E-state index contributed by atoms with van der Waals surface area (Å²) >= 11 is 0. The Hall–Kier alpha value is -1.91. The van der Waals surface area contributed by atoms with E-state index in [1.165, 1.54) is 12.3 Å². The molecule has 0 saturated carbocycles. The number of fused-ring (bicyclic) bond motifs is 1. The standard InChI is InChI=1S/C8H7N3O2/c9-8(12)6-3-5-7(4-11-6)13-2-1-10-5/h1,3-4H,2H2,(H2,9,12). The highest BCUT2D eigenvalue weighted by atomic mass is 16.5. The molecule has 13 heavy (non-hydrogen) atoms. The van der Waals surface area contributed by atoms with Gasteiger partial charge in [0.15, 0.2) is 5.75 Å². The first kappa shape index (κ1) is 7.72. The molecule has 1 aromatic heterocycles. The number of hydrogen-bond donors (Lipinski definition) is 1. The first-order chi connectivity index (χ1) is 6.27. The highest BCUT2D eigenvalue weighted by molar-refractivity contribution is 5.92. The minimum absolute atomic E-state index is 0.196. The number of nitrogens with zero attached hydrogens (tertiary/aromatic N) is 2. The first-order valence-corrected chi connectivity index (χ1v) is 3.72. The van der Waals surface area contributed by atoms with Gasteiger partial charge in [-0.1, -0.05) is 0 Å². The van der Waals surface area contributed by atoms with E-state index in [2.05, 4.69) is 9.98 Å². The Bertz CT molecular complexity index is 387. The van der Waals surface area contributed by atoms with E-state index in [0.717, 1.165) is 0 Å². The molecule has 2 rings (SSSR count). The molecule has 0 radical (unpaired) electrons. The molecular formula is C8H7N3O2. The molecule has 0 atom stereocenters. The van der Waals surface area contributed by atoms with Crippen LogP contribution >= 0.6 is 0 Å². The van der Waals surface area contributed by atoms with Gasteiger partial charge in [-0.3, -0.25) is 9.79 Å². The van der Waals surface area contributed by atoms with Crippen molar-refractivity contribution >= 4 is 17.8 Å². The van der Waals surface area contributed by atoms with Crippen molar-refractivity contribution in [1.29, 1.82) is 0 Å². The number of amides is 1. The van der Waals surface area contributed by atoms with Crippen LogP contribution < -0.4 is 10.5 Å². The van der Waals surface area contributed by atoms with Gasteiger partial charge < -0.3 is 10.5 Å². The third-order valence-corrected chi connectivity index (χ3v) is 1.64. The van der Waals surface area contributed by atoms with E-state index in [0.29, 0.717) is 18.0 Å². The van der Waals surface area contributed by atoms with Crippen LogP contribution in [0.4, 0.5) is 5.69 Å². The van der Waals surface area contributed by atoms with Gasteiger partial charge in [0.25, 0.3) is 5.91 Å². The van der Waals surface area contributed by atoms with Crippen molar-refractivity contribution in [3.63, 3.8) is 0 Å². The Morgan fingerprint density at radius 1 is 1.62 bits per heavy atom. The van der Waals surface area contributed by atoms with Crippen molar-refractivity contribution in [1.82, 2.24) is 4.98 Å². The van der Waals surface area contributed by atoms with Crippen LogP contribution in [0.5, 0.6) is 5.75 Å². The van der Waals surface area contributed by atoms with Gasteiger partial charge in [0, 0.05) is 6.21 Å². The highest BCUT2D eigenvalue weighted by Gasteiger charge is 2.10. The fourth-order valence-electron chi connectivity index (χ4n) is 1.04. The predicted octanol–water partition coefficient (Wildman–Crippen LogP) is 0.275. The lowest BCUT2D eigenvalue weighted by Gasteiger charge is -2.10. The number of aromatic nitrogens is 1. The topological polar surface area (TPSA) is 77.6 Å². The summed E-state index contributed by atoms with van der Waals surface area (Å²) in [5.74, 6) is 0.0103. The van der Waals surface area contributed by atoms with Gasteiger partial charge in [-0.05, 0) is 6.07 Å². The summed E-state index contributed by atoms with van der Waals surface area (Å²) in [6.07, 6.45) is 3.07. The van der Waals surface area contributed by atoms with Crippen molar-refractivity contribution in [3.8, 4) is 5.75 Å². The lowest BCUT2D eigenvalue weighted by atomic mass is 10.3. The average molecular weight is 177 g/mol. The molecule has 66 valence electrons. The molecule has 0 saturated heterocycles. The molecular weight excluding hydrogens is 170 g/mol. The number of ether oxygens (including phenoxy) is 1. The number of carbonyl (C=O) groups excluding carboxylic acids is 1. The van der Waals surface area contributed by atoms with Gasteiger partial charge in [-0.15, -0.1) is 0 Å². The molecule has 2 N–H and O–H groups in total. The zero-order valence-corrected chi connectivity index (χ0v) is 6.73. The minimum Gasteiger partial charge on any atom is -0.484 e. The van der Waals surface area contributed by atoms with Crippen molar-refractivity contribution in [2.45, 2.75) is 0 Å². The van der Waals surface area contributed by atoms with Crippen molar-refractivity contribution in [2.24, 2.45) is 10.7 Å². The van der Waals surface area contributed by atoms with Gasteiger partial charge in [0.05, 0.1) is 6.20 Å². The molecule has 1 aliphatic heterocycles. The van der Waals surface area contributed by atoms with E-state index in [-0.39, 0.29) is 5.69 Å². The monoisotopic (exact) mass is 177 g/mol.